The van der Waals surface area contributed by atoms with E-state index in [9.17, 15) is 9.90 Å². The summed E-state index contributed by atoms with van der Waals surface area (Å²) in [5, 5.41) is 9.19. The molecule has 0 aliphatic heterocycles. The summed E-state index contributed by atoms with van der Waals surface area (Å²) in [6.07, 6.45) is 3.35. The number of carbonyl (C=O) groups excluding carboxylic acids is 4. The van der Waals surface area contributed by atoms with E-state index in [1.165, 1.54) is 6.92 Å². The summed E-state index contributed by atoms with van der Waals surface area (Å²) in [7, 11) is 0. The molecule has 1 N–H and O–H groups in total. The maximum absolute atomic E-state index is 11.4. The SMILES string of the molecule is CC(O)C(=O)OCN(Cc1ccc[c-]n1)Cc1ccccn1.[C-]=O.[C-]=O.[C-]=O.[Re]. The van der Waals surface area contributed by atoms with Crippen molar-refractivity contribution in [2.75, 3.05) is 6.73 Å². The summed E-state index contributed by atoms with van der Waals surface area (Å²) in [4.78, 5) is 44.2. The van der Waals surface area contributed by atoms with Crippen molar-refractivity contribution in [3.05, 3.63) is 60.2 Å². The third-order valence-corrected chi connectivity index (χ3v) is 2.90. The van der Waals surface area contributed by atoms with E-state index in [1.54, 1.807) is 12.3 Å². The zero-order valence-electron chi connectivity index (χ0n) is 15.4. The number of pyridine rings is 2. The van der Waals surface area contributed by atoms with Gasteiger partial charge in [0.2, 0.25) is 0 Å². The molecule has 4 radical (unpaired) electrons. The number of esters is 1. The molecule has 0 saturated heterocycles. The fraction of sp³-hybridized carbons (Fsp3) is 0.263. The second-order valence-electron chi connectivity index (χ2n) is 4.83. The van der Waals surface area contributed by atoms with Crippen LogP contribution >= 0.6 is 0 Å². The van der Waals surface area contributed by atoms with Gasteiger partial charge in [0, 0.05) is 33.2 Å². The minimum absolute atomic E-state index is 0. The van der Waals surface area contributed by atoms with Crippen LogP contribution in [0.3, 0.4) is 0 Å². The van der Waals surface area contributed by atoms with Gasteiger partial charge in [0.05, 0.1) is 5.69 Å². The van der Waals surface area contributed by atoms with Crippen LogP contribution in [0, 0.1) is 6.20 Å². The summed E-state index contributed by atoms with van der Waals surface area (Å²) in [5.74, 6) is -0.654. The standard InChI is InChI=1S/C16H18N3O3.3CO.Re/c1-13(20)16(21)22-12-19(10-14-6-2-4-8-17-14)11-15-7-3-5-9-18-15;3*1-2;/h2-8,13,20H,10-12H2,1H3;;;;/q4*-1;. The molecule has 156 valence electrons. The van der Waals surface area contributed by atoms with Gasteiger partial charge >= 0.3 is 5.97 Å². The van der Waals surface area contributed by atoms with Gasteiger partial charge in [-0.3, -0.25) is 9.88 Å². The van der Waals surface area contributed by atoms with Crippen LogP contribution in [-0.4, -0.2) is 59.1 Å². The molecule has 2 heterocycles. The molecule has 0 aromatic carbocycles. The fourth-order valence-electron chi connectivity index (χ4n) is 1.82. The Bertz CT molecular complexity index is 588. The van der Waals surface area contributed by atoms with E-state index < -0.39 is 12.1 Å². The molecule has 0 spiro atoms. The van der Waals surface area contributed by atoms with Gasteiger partial charge < -0.3 is 49.6 Å². The van der Waals surface area contributed by atoms with Crippen LogP contribution < -0.4 is 0 Å². The van der Waals surface area contributed by atoms with Gasteiger partial charge in [0.15, 0.2) is 0 Å². The first-order valence-corrected chi connectivity index (χ1v) is 7.55. The maximum Gasteiger partial charge on any atom is 0.335 e. The van der Waals surface area contributed by atoms with Crippen molar-refractivity contribution in [1.29, 1.82) is 0 Å². The number of nitrogens with zero attached hydrogens (tertiary/aromatic N) is 3. The molecular weight excluding hydrogens is 552 g/mol. The molecule has 0 aliphatic rings. The van der Waals surface area contributed by atoms with Crippen LogP contribution in [0.5, 0.6) is 0 Å². The van der Waals surface area contributed by atoms with Gasteiger partial charge in [0.1, 0.15) is 12.8 Å². The molecule has 0 saturated carbocycles. The summed E-state index contributed by atoms with van der Waals surface area (Å²) >= 11 is 0. The number of ether oxygens (including phenoxy) is 1. The summed E-state index contributed by atoms with van der Waals surface area (Å²) < 4.78 is 5.08. The average Bonchev–Trinajstić information content (AvgIpc) is 2.77. The van der Waals surface area contributed by atoms with Crippen molar-refractivity contribution < 1.29 is 49.4 Å². The van der Waals surface area contributed by atoms with Crippen LogP contribution in [0.1, 0.15) is 18.3 Å². The first kappa shape index (κ1) is 31.1. The fourth-order valence-corrected chi connectivity index (χ4v) is 1.82. The number of hydrogen-bond acceptors (Lipinski definition) is 9. The number of carbonyl (C=O) groups is 1. The van der Waals surface area contributed by atoms with Crippen LogP contribution in [0.25, 0.3) is 0 Å². The predicted molar refractivity (Wildman–Crippen MR) is 96.3 cm³/mol. The van der Waals surface area contributed by atoms with Gasteiger partial charge in [-0.2, -0.15) is 18.2 Å². The van der Waals surface area contributed by atoms with Gasteiger partial charge in [-0.25, -0.2) is 4.79 Å². The van der Waals surface area contributed by atoms with Crippen molar-refractivity contribution >= 4 is 26.3 Å². The Hall–Kier alpha value is -2.64. The normalized spacial score (nSPS) is 9.62. The largest absolute Gasteiger partial charge is 0.573 e. The van der Waals surface area contributed by atoms with Crippen molar-refractivity contribution in [3.8, 4) is 0 Å². The van der Waals surface area contributed by atoms with Crippen molar-refractivity contribution in [2.24, 2.45) is 0 Å². The summed E-state index contributed by atoms with van der Waals surface area (Å²) in [6, 6.07) is 11.1. The summed E-state index contributed by atoms with van der Waals surface area (Å²) in [5.41, 5.74) is 1.67. The molecule has 1 atom stereocenters. The molecular formula is C19H18N3O6Re-4. The van der Waals surface area contributed by atoms with Crippen LogP contribution in [-0.2, 0) is 57.4 Å². The minimum Gasteiger partial charge on any atom is -0.573 e. The molecule has 29 heavy (non-hydrogen) atoms. The molecule has 1 unspecified atom stereocenters. The first-order chi connectivity index (χ1) is 13.6. The Labute approximate surface area is 183 Å². The van der Waals surface area contributed by atoms with Gasteiger partial charge in [-0.15, -0.1) is 0 Å². The Morgan fingerprint density at radius 3 is 2.17 bits per heavy atom. The Balaban J connectivity index is -0.000000883. The Morgan fingerprint density at radius 2 is 1.69 bits per heavy atom. The Morgan fingerprint density at radius 1 is 1.10 bits per heavy atom. The van der Waals surface area contributed by atoms with E-state index in [-0.39, 0.29) is 27.2 Å². The van der Waals surface area contributed by atoms with E-state index in [1.807, 2.05) is 35.2 Å². The second-order valence-corrected chi connectivity index (χ2v) is 4.83. The van der Waals surface area contributed by atoms with E-state index in [0.717, 1.165) is 11.4 Å². The van der Waals surface area contributed by atoms with Crippen molar-refractivity contribution in [3.63, 3.8) is 0 Å². The second kappa shape index (κ2) is 21.7. The predicted octanol–water partition coefficient (Wildman–Crippen LogP) is -0.0333. The Kier molecular flexibility index (Phi) is 23.2. The number of aromatic nitrogens is 2. The molecule has 0 bridgehead atoms. The van der Waals surface area contributed by atoms with E-state index in [4.69, 9.17) is 19.1 Å². The zero-order chi connectivity index (χ0) is 21.8. The van der Waals surface area contributed by atoms with E-state index in [2.05, 4.69) is 36.5 Å². The number of hydrogen-bond donors (Lipinski definition) is 1. The zero-order valence-corrected chi connectivity index (χ0v) is 18.2. The number of aliphatic hydroxyl groups excluding tert-OH is 1. The number of aliphatic hydroxyl groups is 1. The van der Waals surface area contributed by atoms with Crippen LogP contribution in [0.2, 0.25) is 0 Å². The molecule has 0 aliphatic carbocycles. The molecule has 2 aromatic heterocycles. The maximum atomic E-state index is 11.4. The molecule has 10 heteroatoms. The van der Waals surface area contributed by atoms with E-state index >= 15 is 0 Å². The average molecular weight is 571 g/mol. The van der Waals surface area contributed by atoms with E-state index in [0.29, 0.717) is 13.1 Å². The van der Waals surface area contributed by atoms with Crippen LogP contribution in [0.15, 0.2) is 42.6 Å². The van der Waals surface area contributed by atoms with Gasteiger partial charge in [-0.05, 0) is 25.6 Å². The topological polar surface area (TPSA) is 127 Å². The monoisotopic (exact) mass is 571 g/mol. The molecule has 9 nitrogen and oxygen atoms in total. The molecule has 0 amide bonds. The quantitative estimate of drug-likeness (QED) is 0.277. The first-order valence-electron chi connectivity index (χ1n) is 7.55. The van der Waals surface area contributed by atoms with Gasteiger partial charge in [-0.1, -0.05) is 18.0 Å². The molecule has 2 aromatic rings. The van der Waals surface area contributed by atoms with Crippen molar-refractivity contribution in [2.45, 2.75) is 26.1 Å². The third-order valence-electron chi connectivity index (χ3n) is 2.90. The third kappa shape index (κ3) is 15.0. The molecule has 2 rings (SSSR count). The number of rotatable bonds is 7. The van der Waals surface area contributed by atoms with Gasteiger partial charge in [0.25, 0.3) is 0 Å². The van der Waals surface area contributed by atoms with Crippen LogP contribution in [0.4, 0.5) is 0 Å². The molecule has 0 fully saturated rings. The smallest absolute Gasteiger partial charge is 0.335 e. The summed E-state index contributed by atoms with van der Waals surface area (Å²) in [6.45, 7) is 15.9. The van der Waals surface area contributed by atoms with Crippen molar-refractivity contribution in [1.82, 2.24) is 14.9 Å². The minimum atomic E-state index is -1.14.